The number of aromatic nitrogens is 3. The molecule has 2 saturated heterocycles. The van der Waals surface area contributed by atoms with Crippen LogP contribution in [0.3, 0.4) is 0 Å². The molecule has 134 valence electrons. The number of hydrogen-bond donors (Lipinski definition) is 1. The molecule has 0 spiro atoms. The van der Waals surface area contributed by atoms with Crippen LogP contribution in [0.2, 0.25) is 0 Å². The summed E-state index contributed by atoms with van der Waals surface area (Å²) in [5.41, 5.74) is 0. The van der Waals surface area contributed by atoms with Crippen LogP contribution in [0.1, 0.15) is 56.1 Å². The number of amides is 1. The molecule has 0 aliphatic carbocycles. The van der Waals surface area contributed by atoms with E-state index in [0.29, 0.717) is 6.54 Å². The van der Waals surface area contributed by atoms with Gasteiger partial charge in [-0.15, -0.1) is 10.2 Å². The Kier molecular flexibility index (Phi) is 5.84. The van der Waals surface area contributed by atoms with E-state index in [1.165, 1.54) is 19.3 Å². The SMILES string of the molecule is Cn1c(CN2CCCCC2)nnc1[C@H]1CCCN(C(=O)CCO)C1. The van der Waals surface area contributed by atoms with E-state index < -0.39 is 0 Å². The molecule has 2 fully saturated rings. The molecule has 1 amide bonds. The number of aliphatic hydroxyl groups excluding tert-OH is 1. The van der Waals surface area contributed by atoms with Crippen molar-refractivity contribution < 1.29 is 9.90 Å². The van der Waals surface area contributed by atoms with Crippen molar-refractivity contribution in [3.8, 4) is 0 Å². The van der Waals surface area contributed by atoms with Crippen molar-refractivity contribution in [2.24, 2.45) is 7.05 Å². The number of carbonyl (C=O) groups excluding carboxylic acids is 1. The average molecular weight is 335 g/mol. The summed E-state index contributed by atoms with van der Waals surface area (Å²) < 4.78 is 2.12. The number of likely N-dealkylation sites (tertiary alicyclic amines) is 2. The molecule has 1 aromatic heterocycles. The first kappa shape index (κ1) is 17.4. The lowest BCUT2D eigenvalue weighted by Gasteiger charge is -2.32. The summed E-state index contributed by atoms with van der Waals surface area (Å²) in [6.07, 6.45) is 6.12. The number of nitrogens with zero attached hydrogens (tertiary/aromatic N) is 5. The van der Waals surface area contributed by atoms with E-state index in [0.717, 1.165) is 50.7 Å². The molecule has 3 heterocycles. The van der Waals surface area contributed by atoms with E-state index in [2.05, 4.69) is 19.7 Å². The van der Waals surface area contributed by atoms with Crippen molar-refractivity contribution in [3.05, 3.63) is 11.6 Å². The zero-order chi connectivity index (χ0) is 16.9. The molecule has 1 atom stereocenters. The molecule has 1 aromatic rings. The number of carbonyl (C=O) groups is 1. The second-order valence-electron chi connectivity index (χ2n) is 7.02. The molecule has 0 aromatic carbocycles. The Hall–Kier alpha value is -1.47. The zero-order valence-electron chi connectivity index (χ0n) is 14.7. The number of aliphatic hydroxyl groups is 1. The van der Waals surface area contributed by atoms with Crippen molar-refractivity contribution in [1.29, 1.82) is 0 Å². The minimum absolute atomic E-state index is 0.0397. The third-order valence-electron chi connectivity index (χ3n) is 5.28. The summed E-state index contributed by atoms with van der Waals surface area (Å²) in [7, 11) is 2.04. The predicted octanol–water partition coefficient (Wildman–Crippen LogP) is 0.889. The maximum absolute atomic E-state index is 12.0. The smallest absolute Gasteiger partial charge is 0.224 e. The molecule has 1 N–H and O–H groups in total. The third kappa shape index (κ3) is 3.95. The molecule has 0 radical (unpaired) electrons. The van der Waals surface area contributed by atoms with E-state index in [1.807, 2.05) is 11.9 Å². The fourth-order valence-corrected chi connectivity index (χ4v) is 3.85. The van der Waals surface area contributed by atoms with Crippen LogP contribution < -0.4 is 0 Å². The quantitative estimate of drug-likeness (QED) is 0.865. The Morgan fingerprint density at radius 2 is 1.96 bits per heavy atom. The van der Waals surface area contributed by atoms with Crippen molar-refractivity contribution >= 4 is 5.91 Å². The van der Waals surface area contributed by atoms with Gasteiger partial charge in [0.2, 0.25) is 5.91 Å². The van der Waals surface area contributed by atoms with Gasteiger partial charge in [0, 0.05) is 32.5 Å². The summed E-state index contributed by atoms with van der Waals surface area (Å²) in [6.45, 7) is 4.56. The molecular formula is C17H29N5O2. The Bertz CT molecular complexity index is 553. The number of hydrogen-bond acceptors (Lipinski definition) is 5. The van der Waals surface area contributed by atoms with Gasteiger partial charge in [-0.1, -0.05) is 6.42 Å². The minimum atomic E-state index is -0.0794. The first-order valence-corrected chi connectivity index (χ1v) is 9.18. The maximum atomic E-state index is 12.0. The third-order valence-corrected chi connectivity index (χ3v) is 5.28. The van der Waals surface area contributed by atoms with Crippen LogP contribution in [0.25, 0.3) is 0 Å². The molecule has 0 saturated carbocycles. The molecule has 7 heteroatoms. The number of rotatable bonds is 5. The Morgan fingerprint density at radius 1 is 1.17 bits per heavy atom. The van der Waals surface area contributed by atoms with Crippen LogP contribution in [0.4, 0.5) is 0 Å². The summed E-state index contributed by atoms with van der Waals surface area (Å²) in [5.74, 6) is 2.29. The van der Waals surface area contributed by atoms with Gasteiger partial charge >= 0.3 is 0 Å². The molecule has 0 unspecified atom stereocenters. The van der Waals surface area contributed by atoms with Gasteiger partial charge < -0.3 is 14.6 Å². The molecule has 24 heavy (non-hydrogen) atoms. The lowest BCUT2D eigenvalue weighted by atomic mass is 9.97. The standard InChI is InChI=1S/C17H29N5O2/c1-20-15(13-21-8-3-2-4-9-21)18-19-17(20)14-6-5-10-22(12-14)16(24)7-11-23/h14,23H,2-13H2,1H3/t14-/m0/s1. The first-order valence-electron chi connectivity index (χ1n) is 9.18. The average Bonchev–Trinajstić information content (AvgIpc) is 2.97. The minimum Gasteiger partial charge on any atom is -0.396 e. The maximum Gasteiger partial charge on any atom is 0.224 e. The fourth-order valence-electron chi connectivity index (χ4n) is 3.85. The predicted molar refractivity (Wildman–Crippen MR) is 90.4 cm³/mol. The Morgan fingerprint density at radius 3 is 2.71 bits per heavy atom. The Labute approximate surface area is 143 Å². The summed E-state index contributed by atoms with van der Waals surface area (Å²) in [4.78, 5) is 16.4. The molecule has 0 bridgehead atoms. The van der Waals surface area contributed by atoms with Crippen molar-refractivity contribution in [2.75, 3.05) is 32.8 Å². The van der Waals surface area contributed by atoms with Gasteiger partial charge in [-0.2, -0.15) is 0 Å². The fraction of sp³-hybridized carbons (Fsp3) is 0.824. The lowest BCUT2D eigenvalue weighted by Crippen LogP contribution is -2.40. The Balaban J connectivity index is 1.64. The second-order valence-corrected chi connectivity index (χ2v) is 7.02. The van der Waals surface area contributed by atoms with Crippen molar-refractivity contribution in [2.45, 2.75) is 51.0 Å². The highest BCUT2D eigenvalue weighted by Gasteiger charge is 2.28. The normalized spacial score (nSPS) is 22.8. The second kappa shape index (κ2) is 8.07. The van der Waals surface area contributed by atoms with E-state index in [-0.39, 0.29) is 24.9 Å². The summed E-state index contributed by atoms with van der Waals surface area (Å²) >= 11 is 0. The van der Waals surface area contributed by atoms with Gasteiger partial charge in [0.25, 0.3) is 0 Å². The van der Waals surface area contributed by atoms with Gasteiger partial charge in [0.15, 0.2) is 0 Å². The monoisotopic (exact) mass is 335 g/mol. The first-order chi connectivity index (χ1) is 11.7. The van der Waals surface area contributed by atoms with Gasteiger partial charge in [0.05, 0.1) is 13.2 Å². The van der Waals surface area contributed by atoms with Crippen LogP contribution in [-0.2, 0) is 18.4 Å². The van der Waals surface area contributed by atoms with Crippen LogP contribution in [0, 0.1) is 0 Å². The molecule has 2 aliphatic heterocycles. The highest BCUT2D eigenvalue weighted by atomic mass is 16.3. The van der Waals surface area contributed by atoms with Crippen LogP contribution >= 0.6 is 0 Å². The zero-order valence-corrected chi connectivity index (χ0v) is 14.7. The van der Waals surface area contributed by atoms with E-state index >= 15 is 0 Å². The molecule has 3 rings (SSSR count). The van der Waals surface area contributed by atoms with E-state index in [9.17, 15) is 4.79 Å². The largest absolute Gasteiger partial charge is 0.396 e. The van der Waals surface area contributed by atoms with Gasteiger partial charge in [0.1, 0.15) is 11.6 Å². The summed E-state index contributed by atoms with van der Waals surface area (Å²) in [6, 6.07) is 0. The van der Waals surface area contributed by atoms with E-state index in [1.54, 1.807) is 0 Å². The highest BCUT2D eigenvalue weighted by molar-refractivity contribution is 5.76. The van der Waals surface area contributed by atoms with Crippen LogP contribution in [0.15, 0.2) is 0 Å². The number of piperidine rings is 2. The molecular weight excluding hydrogens is 306 g/mol. The van der Waals surface area contributed by atoms with Gasteiger partial charge in [-0.3, -0.25) is 9.69 Å². The topological polar surface area (TPSA) is 74.5 Å². The molecule has 7 nitrogen and oxygen atoms in total. The van der Waals surface area contributed by atoms with Crippen LogP contribution in [0.5, 0.6) is 0 Å². The molecule has 2 aliphatic rings. The van der Waals surface area contributed by atoms with Gasteiger partial charge in [-0.05, 0) is 38.8 Å². The van der Waals surface area contributed by atoms with Crippen LogP contribution in [-0.4, -0.2) is 68.4 Å². The van der Waals surface area contributed by atoms with Crippen molar-refractivity contribution in [1.82, 2.24) is 24.6 Å². The summed E-state index contributed by atoms with van der Waals surface area (Å²) in [5, 5.41) is 17.8. The highest BCUT2D eigenvalue weighted by Crippen LogP contribution is 2.26. The van der Waals surface area contributed by atoms with Gasteiger partial charge in [-0.25, -0.2) is 0 Å². The lowest BCUT2D eigenvalue weighted by molar-refractivity contribution is -0.133. The van der Waals surface area contributed by atoms with E-state index in [4.69, 9.17) is 5.11 Å². The van der Waals surface area contributed by atoms with Crippen molar-refractivity contribution in [3.63, 3.8) is 0 Å².